The molecule has 2 unspecified atom stereocenters. The lowest BCUT2D eigenvalue weighted by Crippen LogP contribution is -2.13. The van der Waals surface area contributed by atoms with Crippen LogP contribution in [-0.2, 0) is 10.9 Å². The Bertz CT molecular complexity index is 722. The maximum absolute atomic E-state index is 13.0. The number of methoxy groups -OCH3 is 1. The smallest absolute Gasteiger partial charge is 0.416 e. The topological polar surface area (TPSA) is 89.6 Å². The van der Waals surface area contributed by atoms with Crippen molar-refractivity contribution < 1.29 is 27.8 Å². The van der Waals surface area contributed by atoms with Crippen LogP contribution in [0.5, 0.6) is 5.75 Å². The average molecular weight is 391 g/mol. The van der Waals surface area contributed by atoms with Crippen LogP contribution in [0.15, 0.2) is 24.4 Å². The number of aliphatic hydroxyl groups is 1. The summed E-state index contributed by atoms with van der Waals surface area (Å²) in [5.74, 6) is 0.172. The van der Waals surface area contributed by atoms with Crippen molar-refractivity contribution in [2.45, 2.75) is 25.4 Å². The lowest BCUT2D eigenvalue weighted by Gasteiger charge is -2.18. The minimum atomic E-state index is -4.51. The molecule has 1 aromatic carbocycles. The molecule has 26 heavy (non-hydrogen) atoms. The van der Waals surface area contributed by atoms with E-state index in [9.17, 15) is 18.3 Å². The van der Waals surface area contributed by atoms with Gasteiger partial charge in [-0.15, -0.1) is 11.3 Å². The molecule has 0 aliphatic heterocycles. The van der Waals surface area contributed by atoms with Crippen molar-refractivity contribution in [3.63, 3.8) is 0 Å². The Labute approximate surface area is 152 Å². The molecule has 0 saturated carbocycles. The Hall–Kier alpha value is -1.88. The predicted octanol–water partition coefficient (Wildman–Crippen LogP) is 3.31. The summed E-state index contributed by atoms with van der Waals surface area (Å²) >= 11 is 1.17. The molecule has 0 saturated heterocycles. The quantitative estimate of drug-likeness (QED) is 0.473. The number of thiazole rings is 1. The maximum Gasteiger partial charge on any atom is 0.416 e. The highest BCUT2D eigenvalue weighted by Gasteiger charge is 2.31. The van der Waals surface area contributed by atoms with Gasteiger partial charge in [0, 0.05) is 13.3 Å². The third-order valence-electron chi connectivity index (χ3n) is 3.34. The number of anilines is 1. The van der Waals surface area contributed by atoms with E-state index in [0.717, 1.165) is 12.1 Å². The lowest BCUT2D eigenvalue weighted by atomic mass is 10.1. The van der Waals surface area contributed by atoms with Crippen LogP contribution < -0.4 is 15.8 Å². The SMILES string of the molecule is COCCOc1ccc(C(F)(F)F)cc1NC(O)c1cnc(C(C)N)s1. The van der Waals surface area contributed by atoms with Crippen LogP contribution in [0.2, 0.25) is 0 Å². The first-order valence-electron chi connectivity index (χ1n) is 7.71. The molecule has 1 aromatic heterocycles. The van der Waals surface area contributed by atoms with Crippen molar-refractivity contribution in [2.24, 2.45) is 5.73 Å². The summed E-state index contributed by atoms with van der Waals surface area (Å²) in [4.78, 5) is 4.51. The Morgan fingerprint density at radius 3 is 2.65 bits per heavy atom. The highest BCUT2D eigenvalue weighted by atomic mass is 32.1. The second-order valence-corrected chi connectivity index (χ2v) is 6.58. The molecule has 0 spiro atoms. The van der Waals surface area contributed by atoms with E-state index in [2.05, 4.69) is 10.3 Å². The molecule has 0 fully saturated rings. The Balaban J connectivity index is 2.25. The first-order chi connectivity index (χ1) is 12.2. The summed E-state index contributed by atoms with van der Waals surface area (Å²) < 4.78 is 49.2. The molecular weight excluding hydrogens is 371 g/mol. The minimum Gasteiger partial charge on any atom is -0.489 e. The summed E-state index contributed by atoms with van der Waals surface area (Å²) in [6, 6.07) is 2.70. The van der Waals surface area contributed by atoms with Crippen LogP contribution in [0.4, 0.5) is 18.9 Å². The number of aliphatic hydroxyl groups excluding tert-OH is 1. The molecule has 0 aliphatic carbocycles. The number of nitrogens with one attached hydrogen (secondary N) is 1. The Kier molecular flexibility index (Phi) is 6.81. The van der Waals surface area contributed by atoms with Crippen LogP contribution in [0.1, 0.15) is 34.6 Å². The third-order valence-corrected chi connectivity index (χ3v) is 4.60. The highest BCUT2D eigenvalue weighted by Crippen LogP contribution is 2.36. The van der Waals surface area contributed by atoms with Crippen LogP contribution in [0, 0.1) is 0 Å². The fourth-order valence-electron chi connectivity index (χ4n) is 2.04. The first kappa shape index (κ1) is 20.4. The molecule has 0 bridgehead atoms. The lowest BCUT2D eigenvalue weighted by molar-refractivity contribution is -0.137. The van der Waals surface area contributed by atoms with Crippen molar-refractivity contribution in [1.29, 1.82) is 0 Å². The number of rotatable bonds is 8. The minimum absolute atomic E-state index is 0.0131. The van der Waals surface area contributed by atoms with Crippen LogP contribution in [0.3, 0.4) is 0 Å². The number of nitrogens with two attached hydrogens (primary N) is 1. The molecule has 0 aliphatic rings. The van der Waals surface area contributed by atoms with Gasteiger partial charge in [0.25, 0.3) is 0 Å². The van der Waals surface area contributed by atoms with Crippen molar-refractivity contribution >= 4 is 17.0 Å². The summed E-state index contributed by atoms with van der Waals surface area (Å²) in [5.41, 5.74) is 4.89. The van der Waals surface area contributed by atoms with E-state index in [4.69, 9.17) is 15.2 Å². The number of benzene rings is 1. The van der Waals surface area contributed by atoms with Gasteiger partial charge < -0.3 is 25.6 Å². The fourth-order valence-corrected chi connectivity index (χ4v) is 2.84. The summed E-state index contributed by atoms with van der Waals surface area (Å²) in [6.07, 6.45) is -4.34. The number of hydrogen-bond donors (Lipinski definition) is 3. The van der Waals surface area contributed by atoms with E-state index in [0.29, 0.717) is 9.88 Å². The molecule has 1 heterocycles. The van der Waals surface area contributed by atoms with Gasteiger partial charge in [0.15, 0.2) is 6.23 Å². The zero-order valence-electron chi connectivity index (χ0n) is 14.2. The average Bonchev–Trinajstić information content (AvgIpc) is 3.06. The van der Waals surface area contributed by atoms with Crippen molar-refractivity contribution in [2.75, 3.05) is 25.6 Å². The van der Waals surface area contributed by atoms with Gasteiger partial charge >= 0.3 is 6.18 Å². The maximum atomic E-state index is 13.0. The van der Waals surface area contributed by atoms with E-state index in [-0.39, 0.29) is 30.7 Å². The van der Waals surface area contributed by atoms with Gasteiger partial charge in [-0.05, 0) is 25.1 Å². The second-order valence-electron chi connectivity index (χ2n) is 5.49. The van der Waals surface area contributed by atoms with E-state index in [1.165, 1.54) is 30.7 Å². The standard InChI is InChI=1S/C16H20F3N3O3S/c1-9(20)15-21-8-13(26-15)14(23)22-11-7-10(16(17,18)19)3-4-12(11)25-6-5-24-2/h3-4,7-9,14,22-23H,5-6,20H2,1-2H3. The summed E-state index contributed by atoms with van der Waals surface area (Å²) in [5, 5.41) is 13.6. The second kappa shape index (κ2) is 8.67. The van der Waals surface area contributed by atoms with Gasteiger partial charge in [0.1, 0.15) is 17.4 Å². The molecule has 0 radical (unpaired) electrons. The van der Waals surface area contributed by atoms with Gasteiger partial charge in [-0.3, -0.25) is 0 Å². The van der Waals surface area contributed by atoms with Crippen LogP contribution in [-0.4, -0.2) is 30.4 Å². The van der Waals surface area contributed by atoms with Crippen molar-refractivity contribution in [3.05, 3.63) is 39.8 Å². The number of halogens is 3. The van der Waals surface area contributed by atoms with E-state index < -0.39 is 18.0 Å². The monoisotopic (exact) mass is 391 g/mol. The third kappa shape index (κ3) is 5.31. The van der Waals surface area contributed by atoms with Gasteiger partial charge in [-0.25, -0.2) is 4.98 Å². The molecule has 6 nitrogen and oxygen atoms in total. The number of ether oxygens (including phenoxy) is 2. The number of alkyl halides is 3. The molecule has 10 heteroatoms. The zero-order valence-corrected chi connectivity index (χ0v) is 15.0. The number of aromatic nitrogens is 1. The van der Waals surface area contributed by atoms with Gasteiger partial charge in [0.2, 0.25) is 0 Å². The molecule has 2 aromatic rings. The van der Waals surface area contributed by atoms with Crippen LogP contribution in [0.25, 0.3) is 0 Å². The molecule has 2 rings (SSSR count). The molecule has 144 valence electrons. The van der Waals surface area contributed by atoms with Gasteiger partial charge in [0.05, 0.1) is 28.8 Å². The normalized spacial score (nSPS) is 14.1. The van der Waals surface area contributed by atoms with Gasteiger partial charge in [-0.2, -0.15) is 13.2 Å². The fraction of sp³-hybridized carbons (Fsp3) is 0.438. The molecule has 2 atom stereocenters. The molecule has 0 amide bonds. The molecule has 4 N–H and O–H groups in total. The largest absolute Gasteiger partial charge is 0.489 e. The Morgan fingerprint density at radius 1 is 1.35 bits per heavy atom. The van der Waals surface area contributed by atoms with E-state index >= 15 is 0 Å². The van der Waals surface area contributed by atoms with Gasteiger partial charge in [-0.1, -0.05) is 0 Å². The van der Waals surface area contributed by atoms with Crippen molar-refractivity contribution in [1.82, 2.24) is 4.98 Å². The highest BCUT2D eigenvalue weighted by molar-refractivity contribution is 7.11. The molecular formula is C16H20F3N3O3S. The zero-order chi connectivity index (χ0) is 19.3. The summed E-state index contributed by atoms with van der Waals surface area (Å²) in [7, 11) is 1.48. The van der Waals surface area contributed by atoms with E-state index in [1.54, 1.807) is 6.92 Å². The number of nitrogens with zero attached hydrogens (tertiary/aromatic N) is 1. The van der Waals surface area contributed by atoms with E-state index in [1.807, 2.05) is 0 Å². The predicted molar refractivity (Wildman–Crippen MR) is 92.1 cm³/mol. The Morgan fingerprint density at radius 2 is 2.08 bits per heavy atom. The number of hydrogen-bond acceptors (Lipinski definition) is 7. The summed E-state index contributed by atoms with van der Waals surface area (Å²) in [6.45, 7) is 2.18. The van der Waals surface area contributed by atoms with Crippen LogP contribution >= 0.6 is 11.3 Å². The first-order valence-corrected chi connectivity index (χ1v) is 8.52. The van der Waals surface area contributed by atoms with Crippen molar-refractivity contribution in [3.8, 4) is 5.75 Å².